The van der Waals surface area contributed by atoms with E-state index < -0.39 is 0 Å². The highest BCUT2D eigenvalue weighted by atomic mass is 127. The number of hydrogen-bond acceptors (Lipinski definition) is 3. The smallest absolute Gasteiger partial charge is 0.208 e. The van der Waals surface area contributed by atoms with Gasteiger partial charge in [-0.3, -0.25) is 0 Å². The number of nitrogens with zero attached hydrogens (tertiary/aromatic N) is 1. The van der Waals surface area contributed by atoms with E-state index in [0.717, 1.165) is 15.8 Å². The lowest BCUT2D eigenvalue weighted by molar-refractivity contribution is 0.459. The minimum absolute atomic E-state index is 0.421. The molecule has 1 N–H and O–H groups in total. The molecular weight excluding hydrogens is 407 g/mol. The molecule has 0 amide bonds. The fraction of sp³-hybridized carbons (Fsp3) is 0.308. The van der Waals surface area contributed by atoms with E-state index in [1.807, 2.05) is 12.1 Å². The van der Waals surface area contributed by atoms with Crippen LogP contribution in [0.3, 0.4) is 0 Å². The molecule has 0 aliphatic rings. The lowest BCUT2D eigenvalue weighted by Crippen LogP contribution is -2.21. The molecule has 3 nitrogen and oxygen atoms in total. The van der Waals surface area contributed by atoms with E-state index in [9.17, 15) is 0 Å². The molecule has 1 heterocycles. The molecule has 0 aliphatic heterocycles. The van der Waals surface area contributed by atoms with Gasteiger partial charge in [-0.2, -0.15) is 0 Å². The third kappa shape index (κ3) is 3.55. The van der Waals surface area contributed by atoms with E-state index in [0.29, 0.717) is 18.5 Å². The molecule has 0 saturated carbocycles. The number of nitrogens with one attached hydrogen (secondary N) is 1. The largest absolute Gasteiger partial charge is 0.439 e. The summed E-state index contributed by atoms with van der Waals surface area (Å²) in [6.45, 7) is 4.85. The van der Waals surface area contributed by atoms with Gasteiger partial charge in [-0.05, 0) is 40.8 Å². The van der Waals surface area contributed by atoms with E-state index in [4.69, 9.17) is 4.42 Å². The number of oxazole rings is 1. The first-order valence-corrected chi connectivity index (χ1v) is 7.57. The topological polar surface area (TPSA) is 38.1 Å². The van der Waals surface area contributed by atoms with Crippen LogP contribution in [0.1, 0.15) is 19.7 Å². The highest BCUT2D eigenvalue weighted by molar-refractivity contribution is 14.1. The van der Waals surface area contributed by atoms with Crippen molar-refractivity contribution >= 4 is 38.5 Å². The van der Waals surface area contributed by atoms with Crippen molar-refractivity contribution in [3.63, 3.8) is 0 Å². The Morgan fingerprint density at radius 2 is 2.22 bits per heavy atom. The molecule has 2 aromatic rings. The second-order valence-electron chi connectivity index (χ2n) is 4.28. The highest BCUT2D eigenvalue weighted by Crippen LogP contribution is 2.30. The Hall–Kier alpha value is -0.400. The van der Waals surface area contributed by atoms with Crippen LogP contribution >= 0.6 is 38.5 Å². The summed E-state index contributed by atoms with van der Waals surface area (Å²) in [5.41, 5.74) is 1.03. The Balaban J connectivity index is 2.21. The lowest BCUT2D eigenvalue weighted by Gasteiger charge is -2.04. The van der Waals surface area contributed by atoms with Crippen LogP contribution in [0.15, 0.2) is 33.3 Å². The molecule has 0 spiro atoms. The SMILES string of the molecule is CC(C)NCc1ncc(-c2cc(I)ccc2Br)o1. The number of benzene rings is 1. The molecule has 2 rings (SSSR count). The average molecular weight is 421 g/mol. The van der Waals surface area contributed by atoms with Crippen molar-refractivity contribution in [2.75, 3.05) is 0 Å². The third-order valence-corrected chi connectivity index (χ3v) is 3.77. The average Bonchev–Trinajstić information content (AvgIpc) is 2.78. The van der Waals surface area contributed by atoms with E-state index >= 15 is 0 Å². The zero-order chi connectivity index (χ0) is 13.1. The number of hydrogen-bond donors (Lipinski definition) is 1. The van der Waals surface area contributed by atoms with Crippen LogP contribution in [-0.2, 0) is 6.54 Å². The van der Waals surface area contributed by atoms with Crippen LogP contribution in [0.4, 0.5) is 0 Å². The van der Waals surface area contributed by atoms with E-state index in [2.05, 4.69) is 68.7 Å². The molecule has 0 unspecified atom stereocenters. The van der Waals surface area contributed by atoms with Crippen molar-refractivity contribution in [2.45, 2.75) is 26.4 Å². The van der Waals surface area contributed by atoms with Crippen LogP contribution in [0.5, 0.6) is 0 Å². The Kier molecular flexibility index (Phi) is 4.80. The van der Waals surface area contributed by atoms with Crippen molar-refractivity contribution < 1.29 is 4.42 Å². The van der Waals surface area contributed by atoms with Gasteiger partial charge in [0.2, 0.25) is 5.89 Å². The standard InChI is InChI=1S/C13H14BrIN2O/c1-8(2)16-7-13-17-6-12(18-13)10-5-9(15)3-4-11(10)14/h3-6,8,16H,7H2,1-2H3. The highest BCUT2D eigenvalue weighted by Gasteiger charge is 2.10. The normalized spacial score (nSPS) is 11.2. The fourth-order valence-electron chi connectivity index (χ4n) is 1.49. The molecule has 1 aromatic heterocycles. The van der Waals surface area contributed by atoms with Gasteiger partial charge in [0.15, 0.2) is 5.76 Å². The molecule has 0 radical (unpaired) electrons. The van der Waals surface area contributed by atoms with Gasteiger partial charge in [0.05, 0.1) is 12.7 Å². The van der Waals surface area contributed by atoms with Gasteiger partial charge >= 0.3 is 0 Å². The van der Waals surface area contributed by atoms with Crippen LogP contribution in [0.2, 0.25) is 0 Å². The van der Waals surface area contributed by atoms with Gasteiger partial charge in [0.1, 0.15) is 0 Å². The minimum atomic E-state index is 0.421. The molecule has 0 bridgehead atoms. The van der Waals surface area contributed by atoms with E-state index in [-0.39, 0.29) is 0 Å². The molecule has 0 saturated heterocycles. The predicted octanol–water partition coefficient (Wildman–Crippen LogP) is 4.21. The van der Waals surface area contributed by atoms with Crippen molar-refractivity contribution in [1.82, 2.24) is 10.3 Å². The maximum absolute atomic E-state index is 5.75. The first-order valence-electron chi connectivity index (χ1n) is 5.70. The summed E-state index contributed by atoms with van der Waals surface area (Å²) in [5, 5.41) is 3.28. The quantitative estimate of drug-likeness (QED) is 0.753. The molecule has 18 heavy (non-hydrogen) atoms. The van der Waals surface area contributed by atoms with Gasteiger partial charge in [0.25, 0.3) is 0 Å². The van der Waals surface area contributed by atoms with Crippen LogP contribution in [0.25, 0.3) is 11.3 Å². The molecule has 0 aliphatic carbocycles. The van der Waals surface area contributed by atoms with Crippen LogP contribution < -0.4 is 5.32 Å². The van der Waals surface area contributed by atoms with E-state index in [1.54, 1.807) is 6.20 Å². The Bertz CT molecular complexity index is 540. The zero-order valence-electron chi connectivity index (χ0n) is 10.2. The van der Waals surface area contributed by atoms with Crippen molar-refractivity contribution in [3.05, 3.63) is 38.3 Å². The number of aromatic nitrogens is 1. The molecule has 5 heteroatoms. The summed E-state index contributed by atoms with van der Waals surface area (Å²) in [5.74, 6) is 1.51. The number of rotatable bonds is 4. The summed E-state index contributed by atoms with van der Waals surface area (Å²) in [6.07, 6.45) is 1.77. The van der Waals surface area contributed by atoms with Gasteiger partial charge in [-0.15, -0.1) is 0 Å². The maximum Gasteiger partial charge on any atom is 0.208 e. The molecule has 0 atom stereocenters. The lowest BCUT2D eigenvalue weighted by atomic mass is 10.2. The second-order valence-corrected chi connectivity index (χ2v) is 6.38. The Morgan fingerprint density at radius 1 is 1.44 bits per heavy atom. The van der Waals surface area contributed by atoms with E-state index in [1.165, 1.54) is 3.57 Å². The first-order chi connectivity index (χ1) is 8.56. The van der Waals surface area contributed by atoms with Gasteiger partial charge < -0.3 is 9.73 Å². The minimum Gasteiger partial charge on any atom is -0.439 e. The maximum atomic E-state index is 5.75. The second kappa shape index (κ2) is 6.16. The molecule has 0 fully saturated rings. The Morgan fingerprint density at radius 3 is 2.94 bits per heavy atom. The monoisotopic (exact) mass is 420 g/mol. The number of halogens is 2. The predicted molar refractivity (Wildman–Crippen MR) is 84.3 cm³/mol. The molecular formula is C13H14BrIN2O. The molecule has 96 valence electrons. The van der Waals surface area contributed by atoms with Crippen LogP contribution in [0, 0.1) is 3.57 Å². The third-order valence-electron chi connectivity index (χ3n) is 2.41. The first kappa shape index (κ1) is 14.0. The van der Waals surface area contributed by atoms with Crippen molar-refractivity contribution in [1.29, 1.82) is 0 Å². The molecule has 1 aromatic carbocycles. The van der Waals surface area contributed by atoms with Gasteiger partial charge in [-0.1, -0.05) is 29.8 Å². The van der Waals surface area contributed by atoms with Gasteiger partial charge in [0, 0.05) is 19.6 Å². The Labute approximate surface area is 129 Å². The fourth-order valence-corrected chi connectivity index (χ4v) is 2.43. The van der Waals surface area contributed by atoms with Gasteiger partial charge in [-0.25, -0.2) is 4.98 Å². The zero-order valence-corrected chi connectivity index (χ0v) is 13.9. The summed E-state index contributed by atoms with van der Waals surface area (Å²) in [4.78, 5) is 4.28. The summed E-state index contributed by atoms with van der Waals surface area (Å²) < 4.78 is 7.94. The van der Waals surface area contributed by atoms with Crippen molar-refractivity contribution in [3.8, 4) is 11.3 Å². The van der Waals surface area contributed by atoms with Crippen LogP contribution in [-0.4, -0.2) is 11.0 Å². The van der Waals surface area contributed by atoms with Crippen molar-refractivity contribution in [2.24, 2.45) is 0 Å². The summed E-state index contributed by atoms with van der Waals surface area (Å²) in [6, 6.07) is 6.56. The summed E-state index contributed by atoms with van der Waals surface area (Å²) in [7, 11) is 0. The summed E-state index contributed by atoms with van der Waals surface area (Å²) >= 11 is 5.82.